The van der Waals surface area contributed by atoms with Crippen molar-refractivity contribution in [3.8, 4) is 0 Å². The maximum atomic E-state index is 12.1. The van der Waals surface area contributed by atoms with Crippen molar-refractivity contribution < 1.29 is 9.53 Å². The van der Waals surface area contributed by atoms with Crippen LogP contribution in [0.25, 0.3) is 0 Å². The summed E-state index contributed by atoms with van der Waals surface area (Å²) >= 11 is 0. The highest BCUT2D eigenvalue weighted by molar-refractivity contribution is 5.68. The number of piperazine rings is 1. The molecule has 1 heterocycles. The van der Waals surface area contributed by atoms with Crippen molar-refractivity contribution in [3.05, 3.63) is 0 Å². The van der Waals surface area contributed by atoms with Crippen molar-refractivity contribution >= 4 is 6.09 Å². The molecule has 0 aromatic carbocycles. The number of ether oxygens (including phenoxy) is 1. The smallest absolute Gasteiger partial charge is 0.410 e. The summed E-state index contributed by atoms with van der Waals surface area (Å²) in [7, 11) is 4.26. The lowest BCUT2D eigenvalue weighted by Crippen LogP contribution is -2.58. The molecule has 1 saturated heterocycles. The molecule has 5 nitrogen and oxygen atoms in total. The third kappa shape index (κ3) is 7.53. The fraction of sp³-hybridized carbons (Fsp3) is 0.944. The fourth-order valence-electron chi connectivity index (χ4n) is 3.13. The molecule has 0 aliphatic carbocycles. The molecule has 1 aliphatic rings. The highest BCUT2D eigenvalue weighted by atomic mass is 16.6. The van der Waals surface area contributed by atoms with Crippen LogP contribution in [-0.2, 0) is 4.74 Å². The maximum absolute atomic E-state index is 12.1. The predicted molar refractivity (Wildman–Crippen MR) is 95.8 cm³/mol. The first kappa shape index (κ1) is 20.2. The summed E-state index contributed by atoms with van der Waals surface area (Å²) in [5.41, 5.74) is 0. The molecule has 1 rings (SSSR count). The van der Waals surface area contributed by atoms with Gasteiger partial charge >= 0.3 is 6.09 Å². The molecule has 0 radical (unpaired) electrons. The van der Waals surface area contributed by atoms with Gasteiger partial charge in [-0.2, -0.15) is 0 Å². The first-order valence-electron chi connectivity index (χ1n) is 9.17. The minimum absolute atomic E-state index is 0.0507. The maximum Gasteiger partial charge on any atom is 0.410 e. The van der Waals surface area contributed by atoms with Gasteiger partial charge in [0.1, 0.15) is 0 Å². The number of carbonyl (C=O) groups is 1. The van der Waals surface area contributed by atoms with Crippen molar-refractivity contribution in [1.82, 2.24) is 14.7 Å². The Kier molecular flexibility index (Phi) is 8.92. The highest BCUT2D eigenvalue weighted by Gasteiger charge is 2.32. The molecule has 2 unspecified atom stereocenters. The Morgan fingerprint density at radius 2 is 1.74 bits per heavy atom. The van der Waals surface area contributed by atoms with Crippen molar-refractivity contribution in [2.75, 3.05) is 40.3 Å². The number of nitrogens with zero attached hydrogens (tertiary/aromatic N) is 3. The Morgan fingerprint density at radius 3 is 2.35 bits per heavy atom. The Balaban J connectivity index is 2.29. The van der Waals surface area contributed by atoms with Gasteiger partial charge in [-0.1, -0.05) is 12.8 Å². The normalized spacial score (nSPS) is 22.9. The van der Waals surface area contributed by atoms with Crippen LogP contribution in [0.1, 0.15) is 53.4 Å². The van der Waals surface area contributed by atoms with Crippen LogP contribution in [0.5, 0.6) is 0 Å². The molecule has 0 N–H and O–H groups in total. The minimum atomic E-state index is -0.164. The minimum Gasteiger partial charge on any atom is -0.447 e. The van der Waals surface area contributed by atoms with Gasteiger partial charge in [-0.3, -0.25) is 4.90 Å². The van der Waals surface area contributed by atoms with Crippen LogP contribution >= 0.6 is 0 Å². The molecular formula is C18H37N3O2. The third-order valence-electron chi connectivity index (χ3n) is 4.49. The van der Waals surface area contributed by atoms with Crippen LogP contribution < -0.4 is 0 Å². The second kappa shape index (κ2) is 10.1. The highest BCUT2D eigenvalue weighted by Crippen LogP contribution is 2.17. The lowest BCUT2D eigenvalue weighted by molar-refractivity contribution is 0.0169. The van der Waals surface area contributed by atoms with Gasteiger partial charge in [0.05, 0.1) is 6.10 Å². The molecule has 0 spiro atoms. The Hall–Kier alpha value is -0.810. The van der Waals surface area contributed by atoms with Crippen molar-refractivity contribution in [3.63, 3.8) is 0 Å². The van der Waals surface area contributed by atoms with E-state index in [4.69, 9.17) is 4.74 Å². The molecule has 136 valence electrons. The van der Waals surface area contributed by atoms with E-state index in [1.165, 1.54) is 32.2 Å². The lowest BCUT2D eigenvalue weighted by atomic mass is 10.1. The molecule has 1 amide bonds. The van der Waals surface area contributed by atoms with Crippen LogP contribution in [0.2, 0.25) is 0 Å². The molecule has 0 bridgehead atoms. The van der Waals surface area contributed by atoms with Gasteiger partial charge in [-0.25, -0.2) is 4.79 Å². The molecule has 5 heteroatoms. The zero-order chi connectivity index (χ0) is 17.4. The van der Waals surface area contributed by atoms with Crippen LogP contribution in [0.3, 0.4) is 0 Å². The molecule has 1 fully saturated rings. The second-order valence-corrected chi connectivity index (χ2v) is 7.50. The van der Waals surface area contributed by atoms with Crippen molar-refractivity contribution in [1.29, 1.82) is 0 Å². The van der Waals surface area contributed by atoms with E-state index in [2.05, 4.69) is 37.7 Å². The van der Waals surface area contributed by atoms with E-state index in [0.717, 1.165) is 19.6 Å². The number of hydrogen-bond donors (Lipinski definition) is 0. The summed E-state index contributed by atoms with van der Waals surface area (Å²) < 4.78 is 5.35. The van der Waals surface area contributed by atoms with Crippen molar-refractivity contribution in [2.45, 2.75) is 71.6 Å². The summed E-state index contributed by atoms with van der Waals surface area (Å²) in [5.74, 6) is 0. The van der Waals surface area contributed by atoms with E-state index in [0.29, 0.717) is 6.04 Å². The van der Waals surface area contributed by atoms with Gasteiger partial charge in [0.15, 0.2) is 0 Å². The number of amides is 1. The van der Waals surface area contributed by atoms with E-state index in [9.17, 15) is 4.79 Å². The Morgan fingerprint density at radius 1 is 1.09 bits per heavy atom. The first-order valence-corrected chi connectivity index (χ1v) is 9.17. The molecule has 1 aliphatic heterocycles. The third-order valence-corrected chi connectivity index (χ3v) is 4.49. The largest absolute Gasteiger partial charge is 0.447 e. The van der Waals surface area contributed by atoms with E-state index in [-0.39, 0.29) is 18.2 Å². The van der Waals surface area contributed by atoms with Gasteiger partial charge < -0.3 is 14.5 Å². The summed E-state index contributed by atoms with van der Waals surface area (Å²) in [6.45, 7) is 12.2. The summed E-state index contributed by atoms with van der Waals surface area (Å²) in [6, 6.07) is 0.638. The van der Waals surface area contributed by atoms with E-state index >= 15 is 0 Å². The molecule has 23 heavy (non-hydrogen) atoms. The average Bonchev–Trinajstić information content (AvgIpc) is 2.44. The first-order chi connectivity index (χ1) is 10.8. The average molecular weight is 328 g/mol. The quantitative estimate of drug-likeness (QED) is 0.642. The zero-order valence-electron chi connectivity index (χ0n) is 16.0. The predicted octanol–water partition coefficient (Wildman–Crippen LogP) is 3.05. The van der Waals surface area contributed by atoms with E-state index in [1.807, 2.05) is 18.7 Å². The second-order valence-electron chi connectivity index (χ2n) is 7.50. The number of rotatable bonds is 8. The van der Waals surface area contributed by atoms with Crippen LogP contribution in [0, 0.1) is 0 Å². The summed E-state index contributed by atoms with van der Waals surface area (Å²) in [5, 5.41) is 0. The van der Waals surface area contributed by atoms with Gasteiger partial charge in [-0.15, -0.1) is 0 Å². The number of unbranched alkanes of at least 4 members (excludes halogenated alkanes) is 3. The molecule has 0 aromatic rings. The SMILES string of the molecule is CC(C)OC(=O)N1CC(C)N(CCCCCCN(C)C)CC1C. The lowest BCUT2D eigenvalue weighted by Gasteiger charge is -2.43. The Bertz CT molecular complexity index is 347. The Labute approximate surface area is 142 Å². The molecular weight excluding hydrogens is 290 g/mol. The van der Waals surface area contributed by atoms with Crippen molar-refractivity contribution in [2.24, 2.45) is 0 Å². The molecule has 0 aromatic heterocycles. The van der Waals surface area contributed by atoms with Crippen LogP contribution in [0.15, 0.2) is 0 Å². The topological polar surface area (TPSA) is 36.0 Å². The van der Waals surface area contributed by atoms with Gasteiger partial charge in [-0.05, 0) is 67.7 Å². The molecule has 0 saturated carbocycles. The van der Waals surface area contributed by atoms with Gasteiger partial charge in [0.2, 0.25) is 0 Å². The van der Waals surface area contributed by atoms with Crippen LogP contribution in [0.4, 0.5) is 4.79 Å². The van der Waals surface area contributed by atoms with E-state index in [1.54, 1.807) is 0 Å². The molecule has 2 atom stereocenters. The number of hydrogen-bond acceptors (Lipinski definition) is 4. The van der Waals surface area contributed by atoms with E-state index < -0.39 is 0 Å². The summed E-state index contributed by atoms with van der Waals surface area (Å²) in [6.07, 6.45) is 4.93. The van der Waals surface area contributed by atoms with Crippen LogP contribution in [-0.4, -0.2) is 79.3 Å². The monoisotopic (exact) mass is 327 g/mol. The van der Waals surface area contributed by atoms with Gasteiger partial charge in [0.25, 0.3) is 0 Å². The standard InChI is InChI=1S/C18H37N3O2/c1-15(2)23-18(22)21-14-16(3)20(13-17(21)4)12-10-8-7-9-11-19(5)6/h15-17H,7-14H2,1-6H3. The fourth-order valence-corrected chi connectivity index (χ4v) is 3.13. The zero-order valence-corrected chi connectivity index (χ0v) is 16.0. The number of carbonyl (C=O) groups excluding carboxylic acids is 1. The van der Waals surface area contributed by atoms with Gasteiger partial charge in [0, 0.05) is 25.2 Å². The summed E-state index contributed by atoms with van der Waals surface area (Å²) in [4.78, 5) is 18.8.